The zero-order valence-corrected chi connectivity index (χ0v) is 9.80. The van der Waals surface area contributed by atoms with Crippen LogP contribution < -0.4 is 11.1 Å². The smallest absolute Gasteiger partial charge is 0.220 e. The third kappa shape index (κ3) is 4.65. The summed E-state index contributed by atoms with van der Waals surface area (Å²) in [5.74, 6) is 0.848. The predicted molar refractivity (Wildman–Crippen MR) is 62.5 cm³/mol. The largest absolute Gasteiger partial charge is 0.352 e. The van der Waals surface area contributed by atoms with Crippen molar-refractivity contribution in [2.24, 2.45) is 11.7 Å². The summed E-state index contributed by atoms with van der Waals surface area (Å²) in [5, 5.41) is 3.04. The standard InChI is InChI=1S/C12H24N2O/c1-2-3-7-11(9-13)14-12(15)8-10-5-4-6-10/h10-11H,2-9,13H2,1H3,(H,14,15). The molecule has 0 aromatic carbocycles. The molecular formula is C12H24N2O. The molecule has 1 saturated carbocycles. The van der Waals surface area contributed by atoms with Crippen LogP contribution in [0.2, 0.25) is 0 Å². The maximum Gasteiger partial charge on any atom is 0.220 e. The van der Waals surface area contributed by atoms with Gasteiger partial charge in [0.1, 0.15) is 0 Å². The van der Waals surface area contributed by atoms with Crippen LogP contribution in [0.1, 0.15) is 51.9 Å². The lowest BCUT2D eigenvalue weighted by atomic mass is 9.83. The normalized spacial score (nSPS) is 18.3. The van der Waals surface area contributed by atoms with E-state index in [1.54, 1.807) is 0 Å². The number of nitrogens with two attached hydrogens (primary N) is 1. The van der Waals surface area contributed by atoms with Gasteiger partial charge in [0.25, 0.3) is 0 Å². The highest BCUT2D eigenvalue weighted by Crippen LogP contribution is 2.29. The van der Waals surface area contributed by atoms with Gasteiger partial charge in [-0.2, -0.15) is 0 Å². The van der Waals surface area contributed by atoms with Crippen molar-refractivity contribution >= 4 is 5.91 Å². The number of nitrogens with one attached hydrogen (secondary N) is 1. The molecular weight excluding hydrogens is 188 g/mol. The number of amides is 1. The van der Waals surface area contributed by atoms with Gasteiger partial charge in [0.05, 0.1) is 0 Å². The minimum absolute atomic E-state index is 0.192. The van der Waals surface area contributed by atoms with Crippen LogP contribution in [-0.2, 0) is 4.79 Å². The lowest BCUT2D eigenvalue weighted by Gasteiger charge is -2.25. The van der Waals surface area contributed by atoms with Gasteiger partial charge in [0, 0.05) is 19.0 Å². The number of hydrogen-bond donors (Lipinski definition) is 2. The van der Waals surface area contributed by atoms with Crippen molar-refractivity contribution in [2.75, 3.05) is 6.54 Å². The molecule has 1 rings (SSSR count). The van der Waals surface area contributed by atoms with E-state index in [0.717, 1.165) is 19.3 Å². The van der Waals surface area contributed by atoms with Crippen LogP contribution in [0.3, 0.4) is 0 Å². The quantitative estimate of drug-likeness (QED) is 0.676. The Morgan fingerprint density at radius 3 is 2.73 bits per heavy atom. The molecule has 1 aliphatic rings. The Morgan fingerprint density at radius 2 is 2.27 bits per heavy atom. The van der Waals surface area contributed by atoms with E-state index < -0.39 is 0 Å². The third-order valence-corrected chi connectivity index (χ3v) is 3.25. The van der Waals surface area contributed by atoms with Crippen LogP contribution in [0.5, 0.6) is 0 Å². The van der Waals surface area contributed by atoms with E-state index in [0.29, 0.717) is 18.9 Å². The van der Waals surface area contributed by atoms with E-state index in [1.165, 1.54) is 19.3 Å². The van der Waals surface area contributed by atoms with Crippen molar-refractivity contribution in [3.63, 3.8) is 0 Å². The summed E-state index contributed by atoms with van der Waals surface area (Å²) in [6, 6.07) is 0.192. The van der Waals surface area contributed by atoms with Gasteiger partial charge in [-0.25, -0.2) is 0 Å². The van der Waals surface area contributed by atoms with Gasteiger partial charge in [-0.3, -0.25) is 4.79 Å². The Labute approximate surface area is 92.8 Å². The number of unbranched alkanes of at least 4 members (excludes halogenated alkanes) is 1. The van der Waals surface area contributed by atoms with Crippen molar-refractivity contribution in [2.45, 2.75) is 57.9 Å². The average molecular weight is 212 g/mol. The Bertz CT molecular complexity index is 190. The van der Waals surface area contributed by atoms with Crippen LogP contribution in [0, 0.1) is 5.92 Å². The number of carbonyl (C=O) groups excluding carboxylic acids is 1. The van der Waals surface area contributed by atoms with Crippen LogP contribution in [0.25, 0.3) is 0 Å². The van der Waals surface area contributed by atoms with Crippen LogP contribution in [-0.4, -0.2) is 18.5 Å². The summed E-state index contributed by atoms with van der Waals surface area (Å²) in [6.07, 6.45) is 7.80. The van der Waals surface area contributed by atoms with Gasteiger partial charge >= 0.3 is 0 Å². The van der Waals surface area contributed by atoms with E-state index >= 15 is 0 Å². The second-order valence-corrected chi connectivity index (χ2v) is 4.64. The van der Waals surface area contributed by atoms with Crippen LogP contribution in [0.15, 0.2) is 0 Å². The lowest BCUT2D eigenvalue weighted by Crippen LogP contribution is -2.41. The van der Waals surface area contributed by atoms with Gasteiger partial charge in [0.2, 0.25) is 5.91 Å². The second-order valence-electron chi connectivity index (χ2n) is 4.64. The Balaban J connectivity index is 2.14. The molecule has 3 heteroatoms. The molecule has 0 aliphatic heterocycles. The summed E-state index contributed by atoms with van der Waals surface area (Å²) in [7, 11) is 0. The fourth-order valence-corrected chi connectivity index (χ4v) is 1.95. The summed E-state index contributed by atoms with van der Waals surface area (Å²) in [6.45, 7) is 2.72. The second kappa shape index (κ2) is 6.83. The monoisotopic (exact) mass is 212 g/mol. The molecule has 1 fully saturated rings. The summed E-state index contributed by atoms with van der Waals surface area (Å²) < 4.78 is 0. The average Bonchev–Trinajstić information content (AvgIpc) is 2.18. The number of carbonyl (C=O) groups is 1. The number of rotatable bonds is 7. The molecule has 0 saturated heterocycles. The first-order valence-corrected chi connectivity index (χ1v) is 6.25. The number of hydrogen-bond acceptors (Lipinski definition) is 2. The van der Waals surface area contributed by atoms with Crippen molar-refractivity contribution < 1.29 is 4.79 Å². The van der Waals surface area contributed by atoms with Crippen molar-refractivity contribution in [1.29, 1.82) is 0 Å². The van der Waals surface area contributed by atoms with E-state index in [2.05, 4.69) is 12.2 Å². The molecule has 1 unspecified atom stereocenters. The minimum Gasteiger partial charge on any atom is -0.352 e. The summed E-state index contributed by atoms with van der Waals surface area (Å²) in [5.41, 5.74) is 5.62. The first-order valence-electron chi connectivity index (χ1n) is 6.25. The van der Waals surface area contributed by atoms with Crippen LogP contribution >= 0.6 is 0 Å². The minimum atomic E-state index is 0.192. The van der Waals surface area contributed by atoms with Crippen LogP contribution in [0.4, 0.5) is 0 Å². The highest BCUT2D eigenvalue weighted by atomic mass is 16.1. The maximum absolute atomic E-state index is 11.6. The fraction of sp³-hybridized carbons (Fsp3) is 0.917. The molecule has 1 atom stereocenters. The SMILES string of the molecule is CCCCC(CN)NC(=O)CC1CCC1. The first kappa shape index (κ1) is 12.5. The Morgan fingerprint density at radius 1 is 1.53 bits per heavy atom. The van der Waals surface area contributed by atoms with Crippen molar-refractivity contribution in [3.8, 4) is 0 Å². The van der Waals surface area contributed by atoms with E-state index in [9.17, 15) is 4.79 Å². The molecule has 0 aromatic heterocycles. The zero-order valence-electron chi connectivity index (χ0n) is 9.80. The van der Waals surface area contributed by atoms with Gasteiger partial charge in [-0.1, -0.05) is 26.2 Å². The molecule has 0 aromatic rings. The van der Waals surface area contributed by atoms with Crippen molar-refractivity contribution in [1.82, 2.24) is 5.32 Å². The van der Waals surface area contributed by atoms with E-state index in [-0.39, 0.29) is 11.9 Å². The topological polar surface area (TPSA) is 55.1 Å². The molecule has 3 nitrogen and oxygen atoms in total. The zero-order chi connectivity index (χ0) is 11.1. The van der Waals surface area contributed by atoms with Gasteiger partial charge < -0.3 is 11.1 Å². The maximum atomic E-state index is 11.6. The first-order chi connectivity index (χ1) is 7.26. The molecule has 15 heavy (non-hydrogen) atoms. The molecule has 0 spiro atoms. The Kier molecular flexibility index (Phi) is 5.69. The molecule has 0 heterocycles. The molecule has 88 valence electrons. The Hall–Kier alpha value is -0.570. The lowest BCUT2D eigenvalue weighted by molar-refractivity contribution is -0.123. The molecule has 1 amide bonds. The highest BCUT2D eigenvalue weighted by Gasteiger charge is 2.21. The molecule has 0 bridgehead atoms. The van der Waals surface area contributed by atoms with E-state index in [1.807, 2.05) is 0 Å². The summed E-state index contributed by atoms with van der Waals surface area (Å²) in [4.78, 5) is 11.6. The molecule has 1 aliphatic carbocycles. The van der Waals surface area contributed by atoms with Gasteiger partial charge in [-0.15, -0.1) is 0 Å². The molecule has 3 N–H and O–H groups in total. The predicted octanol–water partition coefficient (Wildman–Crippen LogP) is 1.81. The third-order valence-electron chi connectivity index (χ3n) is 3.25. The highest BCUT2D eigenvalue weighted by molar-refractivity contribution is 5.76. The molecule has 0 radical (unpaired) electrons. The summed E-state index contributed by atoms with van der Waals surface area (Å²) >= 11 is 0. The van der Waals surface area contributed by atoms with Gasteiger partial charge in [0.15, 0.2) is 0 Å². The van der Waals surface area contributed by atoms with E-state index in [4.69, 9.17) is 5.73 Å². The van der Waals surface area contributed by atoms with Gasteiger partial charge in [-0.05, 0) is 25.2 Å². The fourth-order valence-electron chi connectivity index (χ4n) is 1.95. The van der Waals surface area contributed by atoms with Crippen molar-refractivity contribution in [3.05, 3.63) is 0 Å².